The van der Waals surface area contributed by atoms with Gasteiger partial charge < -0.3 is 281 Å². The molecule has 0 aliphatic carbocycles. The van der Waals surface area contributed by atoms with E-state index in [1.54, 1.807) is 6.92 Å². The highest BCUT2D eigenvalue weighted by Crippen LogP contribution is 2.42. The Morgan fingerprint density at radius 2 is 0.405 bits per heavy atom. The molecule has 0 aromatic rings. The second-order valence-corrected chi connectivity index (χ2v) is 48.1. The van der Waals surface area contributed by atoms with Crippen LogP contribution in [0.25, 0.3) is 0 Å². The van der Waals surface area contributed by atoms with Crippen molar-refractivity contribution in [2.75, 3.05) is 98.7 Å². The molecule has 40 N–H and O–H groups in total. The number of carboxylic acid groups (broad SMARTS) is 8. The molecule has 8 saturated heterocycles. The minimum absolute atomic E-state index is 0.0899. The van der Waals surface area contributed by atoms with Crippen molar-refractivity contribution in [1.29, 1.82) is 0 Å². The number of aliphatic hydroxyl groups excluding tert-OH is 16. The summed E-state index contributed by atoms with van der Waals surface area (Å²) in [6.45, 7) is 1.68. The molecule has 0 amide bonds. The number of hydrogen-bond donors (Lipinski definition) is 32. The monoisotopic (exact) mass is 2310 g/mol. The molecule has 64 nitrogen and oxygen atoms in total. The molecule has 0 aromatic carbocycles. The first-order valence-electron chi connectivity index (χ1n) is 45.1. The lowest BCUT2D eigenvalue weighted by molar-refractivity contribution is -0.391. The van der Waals surface area contributed by atoms with Gasteiger partial charge in [0.1, 0.15) is 323 Å². The molecule has 0 saturated carbocycles. The maximum Gasteiger partial charge on any atom is 0.325 e. The second kappa shape index (κ2) is 59.5. The first-order chi connectivity index (χ1) is 69.1. The predicted molar refractivity (Wildman–Crippen MR) is 493 cm³/mol. The van der Waals surface area contributed by atoms with E-state index < -0.39 is 524 Å². The zero-order chi connectivity index (χ0) is 111. The van der Waals surface area contributed by atoms with Crippen LogP contribution in [-0.2, 0) is 204 Å². The Hall–Kier alpha value is -3.36. The van der Waals surface area contributed by atoms with E-state index >= 15 is 0 Å². The van der Waals surface area contributed by atoms with Gasteiger partial charge in [-0.05, 0) is 95.8 Å². The highest BCUT2D eigenvalue weighted by atomic mass is 32.2. The Morgan fingerprint density at radius 1 is 0.250 bits per heavy atom. The highest BCUT2D eigenvalue weighted by molar-refractivity contribution is 7.93. The second-order valence-electron chi connectivity index (χ2n) is 35.8. The van der Waals surface area contributed by atoms with Crippen LogP contribution in [0.2, 0.25) is 0 Å². The third kappa shape index (κ3) is 36.1. The average Bonchev–Trinajstić information content (AvgIpc) is 0.778. The Kier molecular flexibility index (Phi) is 52.2. The topological polar surface area (TPSA) is 1160 Å². The summed E-state index contributed by atoms with van der Waals surface area (Å²) in [6.07, 6.45) is -90.7. The van der Waals surface area contributed by atoms with Crippen LogP contribution in [0.15, 0.2) is 0 Å². The van der Waals surface area contributed by atoms with Crippen LogP contribution in [0, 0.1) is 0 Å². The molecule has 8 fully saturated rings. The Balaban J connectivity index is 1.09. The minimum atomic E-state index is -2.75. The van der Waals surface area contributed by atoms with Gasteiger partial charge in [0.15, 0.2) is 50.3 Å². The van der Waals surface area contributed by atoms with Gasteiger partial charge in [-0.3, -0.25) is 38.4 Å². The lowest BCUT2D eigenvalue weighted by Crippen LogP contribution is -2.69. The molecule has 0 radical (unpaired) electrons. The first kappa shape index (κ1) is 130. The number of carbonyl (C=O) groups is 8. The van der Waals surface area contributed by atoms with Gasteiger partial charge in [-0.1, -0.05) is 13.3 Å². The number of carboxylic acids is 8. The molecule has 0 aromatic heterocycles. The standard InChI is InChI=1S/C76H130N8O56S8/c1-2-3-4-125-69-47(94)40(87)54(32(127-69)15-142(118)8-24(78)62(103)104)135-71-49(96)42(89)56(34(129-71)17-144(120)10-26(80)64(107)108)137-73-51(98)44(91)58(36(131-73)19-146(122)12-28(82)66(111)112)139-75-53(100)46(93)60(38(133-75)21-148(124)14-30(84)68(115)116)140-76-52(99)45(92)59(37(132-76)20-147(123)13-29(83)67(113)114)138-74-50(97)43(90)57(35(130-74)18-145(121)11-27(81)65(109)110)136-72-48(95)41(88)55(33(128-72)16-143(119)9-25(79)63(105)106)134-70-39(86)31(85)5-22(126-70)6-141(117)7-23(77)61(101)102/h22-60,69-76,85-100H,2-21,77-84H2,1H3,(H,101,102)(H,103,104)(H,105,106)(H,107,108)(H,109,110)(H,111,112)(H,113,114)(H,115,116). The van der Waals surface area contributed by atoms with Gasteiger partial charge in [0.2, 0.25) is 0 Å². The number of aliphatic carboxylic acids is 8. The molecule has 55 atom stereocenters. The molecule has 72 heteroatoms. The van der Waals surface area contributed by atoms with Crippen LogP contribution in [-0.4, -0.2) is 593 Å². The van der Waals surface area contributed by atoms with Gasteiger partial charge in [0.25, 0.3) is 0 Å². The van der Waals surface area contributed by atoms with Crippen molar-refractivity contribution in [3.8, 4) is 0 Å². The van der Waals surface area contributed by atoms with E-state index in [2.05, 4.69) is 0 Å². The van der Waals surface area contributed by atoms with E-state index in [1.807, 2.05) is 0 Å². The van der Waals surface area contributed by atoms with Gasteiger partial charge in [-0.2, -0.15) is 0 Å². The lowest BCUT2D eigenvalue weighted by Gasteiger charge is -2.50. The Morgan fingerprint density at radius 3 is 0.574 bits per heavy atom. The molecule has 8 aliphatic rings. The number of nitrogens with two attached hydrogens (primary N) is 8. The molecule has 0 spiro atoms. The Bertz CT molecular complexity index is 4090. The summed E-state index contributed by atoms with van der Waals surface area (Å²) in [6, 6.07) is -15.1. The molecule has 858 valence electrons. The van der Waals surface area contributed by atoms with E-state index in [0.717, 1.165) is 0 Å². The number of ether oxygens (including phenoxy) is 16. The van der Waals surface area contributed by atoms with E-state index in [-0.39, 0.29) is 6.61 Å². The van der Waals surface area contributed by atoms with E-state index in [1.165, 1.54) is 0 Å². The number of hydrogen-bond acceptors (Lipinski definition) is 56. The molecular weight excluding hydrogens is 2180 g/mol. The zero-order valence-electron chi connectivity index (χ0n) is 78.0. The van der Waals surface area contributed by atoms with Crippen molar-refractivity contribution < 1.29 is 273 Å². The Labute approximate surface area is 864 Å². The summed E-state index contributed by atoms with van der Waals surface area (Å²) in [5.74, 6) is -28.7. The normalized spacial score (nSPS) is 39.8. The van der Waals surface area contributed by atoms with Gasteiger partial charge in [-0.25, -0.2) is 0 Å². The third-order valence-corrected chi connectivity index (χ3v) is 35.6. The fourth-order valence-electron chi connectivity index (χ4n) is 16.0. The summed E-state index contributed by atoms with van der Waals surface area (Å²) in [4.78, 5) is 95.2. The first-order valence-corrected chi connectivity index (χ1v) is 57.0. The van der Waals surface area contributed by atoms with Gasteiger partial charge in [0, 0.05) is 13.0 Å². The van der Waals surface area contributed by atoms with Crippen molar-refractivity contribution in [3.05, 3.63) is 0 Å². The van der Waals surface area contributed by atoms with Crippen molar-refractivity contribution in [3.63, 3.8) is 0 Å². The maximum atomic E-state index is 14.2. The third-order valence-electron chi connectivity index (χ3n) is 24.1. The zero-order valence-corrected chi connectivity index (χ0v) is 84.5. The average molecular weight is 2310 g/mol. The summed E-state index contributed by atoms with van der Waals surface area (Å²) >= 11 is -20.0. The molecule has 55 unspecified atom stereocenters. The predicted octanol–water partition coefficient (Wildman–Crippen LogP) is -22.3. The van der Waals surface area contributed by atoms with E-state index in [9.17, 15) is 197 Å². The van der Waals surface area contributed by atoms with Crippen LogP contribution in [0.5, 0.6) is 0 Å². The molecular formula is C76H130N8O56S8. The summed E-state index contributed by atoms with van der Waals surface area (Å²) in [7, 11) is 0. The van der Waals surface area contributed by atoms with Gasteiger partial charge in [0.05, 0.1) is 6.10 Å². The fourth-order valence-corrected chi connectivity index (χ4v) is 26.5. The molecule has 8 heterocycles. The van der Waals surface area contributed by atoms with Gasteiger partial charge in [-0.15, -0.1) is 0 Å². The van der Waals surface area contributed by atoms with Crippen LogP contribution < -0.4 is 45.9 Å². The van der Waals surface area contributed by atoms with Crippen molar-refractivity contribution >= 4 is 137 Å². The minimum Gasteiger partial charge on any atom is -0.616 e. The van der Waals surface area contributed by atoms with E-state index in [0.29, 0.717) is 12.8 Å². The largest absolute Gasteiger partial charge is 0.616 e. The summed E-state index contributed by atoms with van der Waals surface area (Å²) < 4.78 is 206. The number of rotatable bonds is 58. The maximum absolute atomic E-state index is 14.2. The van der Waals surface area contributed by atoms with Crippen molar-refractivity contribution in [1.82, 2.24) is 0 Å². The van der Waals surface area contributed by atoms with Crippen LogP contribution in [0.3, 0.4) is 0 Å². The van der Waals surface area contributed by atoms with E-state index in [4.69, 9.17) is 122 Å². The molecule has 8 rings (SSSR count). The summed E-state index contributed by atoms with van der Waals surface area (Å²) in [5, 5.41) is 268. The van der Waals surface area contributed by atoms with Crippen molar-refractivity contribution in [2.45, 2.75) is 314 Å². The molecule has 148 heavy (non-hydrogen) atoms. The number of aliphatic hydroxyl groups is 16. The smallest absolute Gasteiger partial charge is 0.325 e. The molecule has 0 bridgehead atoms. The summed E-state index contributed by atoms with van der Waals surface area (Å²) in [5.41, 5.74) is 45.5. The highest BCUT2D eigenvalue weighted by Gasteiger charge is 2.63. The van der Waals surface area contributed by atoms with Gasteiger partial charge >= 0.3 is 47.8 Å². The van der Waals surface area contributed by atoms with Crippen LogP contribution >= 0.6 is 0 Å². The van der Waals surface area contributed by atoms with Crippen LogP contribution in [0.1, 0.15) is 26.2 Å². The SMILES string of the molecule is CCCCOC1OC(C[S+]([O-])CC(N)C(=O)O)C(OC2OC(C[S+]([O-])CC(N)C(=O)O)C(OC3OC(C[S+]([O-])CC(N)C(=O)O)C(OC4OC(C[S+]([O-])CC(N)C(=O)O)C(OC5OC(C[S+]([O-])CC(N)C(=O)O)C(OC6OC(C[S+]([O-])CC(N)C(=O)O)C(OC7OC(C[S+]([O-])CC(N)C(=O)O)C(OC8OC(C[S+]([O-])CC(N)C(=O)O)CC(O)C8O)C(O)C7O)C(O)C6O)C(O)C5O)C(O)C4O)C(O)C3O)C(O)C2O)C(O)C1O. The number of unbranched alkanes of at least 4 members (excludes halogenated alkanes) is 1. The lowest BCUT2D eigenvalue weighted by atomic mass is 9.95. The van der Waals surface area contributed by atoms with Crippen LogP contribution in [0.4, 0.5) is 0 Å². The fraction of sp³-hybridized carbons (Fsp3) is 0.895. The molecule has 8 aliphatic heterocycles. The van der Waals surface area contributed by atoms with Crippen molar-refractivity contribution in [2.24, 2.45) is 45.9 Å². The quantitative estimate of drug-likeness (QED) is 0.0199.